The predicted molar refractivity (Wildman–Crippen MR) is 105 cm³/mol. The number of hydrogen-bond donors (Lipinski definition) is 0. The summed E-state index contributed by atoms with van der Waals surface area (Å²) in [6, 6.07) is 13.0. The number of para-hydroxylation sites is 1. The molecule has 0 fully saturated rings. The highest BCUT2D eigenvalue weighted by atomic mass is 19.1. The predicted octanol–water partition coefficient (Wildman–Crippen LogP) is 5.65. The fourth-order valence-electron chi connectivity index (χ4n) is 3.93. The van der Waals surface area contributed by atoms with Crippen molar-refractivity contribution >= 4 is 27.5 Å². The van der Waals surface area contributed by atoms with E-state index in [1.807, 2.05) is 6.07 Å². The number of halogens is 1. The maximum Gasteiger partial charge on any atom is 0.141 e. The van der Waals surface area contributed by atoms with Crippen LogP contribution in [0.3, 0.4) is 0 Å². The Morgan fingerprint density at radius 2 is 2.04 bits per heavy atom. The van der Waals surface area contributed by atoms with E-state index >= 15 is 0 Å². The van der Waals surface area contributed by atoms with Crippen LogP contribution >= 0.6 is 0 Å². The van der Waals surface area contributed by atoms with E-state index in [1.54, 1.807) is 24.7 Å². The summed E-state index contributed by atoms with van der Waals surface area (Å²) in [5.41, 5.74) is 5.35. The van der Waals surface area contributed by atoms with Crippen LogP contribution in [0.4, 0.5) is 4.39 Å². The average molecular weight is 361 g/mol. The highest BCUT2D eigenvalue weighted by molar-refractivity contribution is 5.90. The zero-order chi connectivity index (χ0) is 18.2. The quantitative estimate of drug-likeness (QED) is 0.470. The second-order valence-electron chi connectivity index (χ2n) is 7.08. The molecule has 0 aliphatic carbocycles. The Morgan fingerprint density at radius 1 is 1.07 bits per heavy atom. The van der Waals surface area contributed by atoms with Crippen molar-refractivity contribution in [2.45, 2.75) is 12.8 Å². The molecule has 0 bridgehead atoms. The second-order valence-corrected chi connectivity index (χ2v) is 7.08. The van der Waals surface area contributed by atoms with Gasteiger partial charge in [0, 0.05) is 36.0 Å². The Morgan fingerprint density at radius 3 is 2.93 bits per heavy atom. The molecule has 27 heavy (non-hydrogen) atoms. The first-order valence-corrected chi connectivity index (χ1v) is 9.31. The SMILES string of the molecule is Fc1ccc2occ(CCN3CC=C(c4cccc5ccoc45)CC3)c2c1. The van der Waals surface area contributed by atoms with Crippen LogP contribution in [0.1, 0.15) is 17.5 Å². The maximum atomic E-state index is 13.5. The standard InChI is InChI=1S/C23H20FNO2/c24-19-4-5-22-21(14-19)18(15-27-22)8-12-25-10-6-16(7-11-25)20-3-1-2-17-9-13-26-23(17)20/h1-6,9,13-15H,7-8,10-12H2. The molecule has 0 saturated carbocycles. The first-order chi connectivity index (χ1) is 13.3. The third-order valence-corrected chi connectivity index (χ3v) is 5.43. The molecule has 0 spiro atoms. The summed E-state index contributed by atoms with van der Waals surface area (Å²) in [5.74, 6) is -0.220. The summed E-state index contributed by atoms with van der Waals surface area (Å²) in [6.45, 7) is 2.85. The Bertz CT molecular complexity index is 1140. The molecule has 1 aliphatic heterocycles. The lowest BCUT2D eigenvalue weighted by Crippen LogP contribution is -2.30. The van der Waals surface area contributed by atoms with Crippen LogP contribution in [0.2, 0.25) is 0 Å². The minimum absolute atomic E-state index is 0.220. The van der Waals surface area contributed by atoms with Crippen LogP contribution in [0.15, 0.2) is 69.9 Å². The van der Waals surface area contributed by atoms with E-state index in [0.29, 0.717) is 0 Å². The van der Waals surface area contributed by atoms with Crippen molar-refractivity contribution in [3.05, 3.63) is 78.0 Å². The monoisotopic (exact) mass is 361 g/mol. The van der Waals surface area contributed by atoms with Crippen molar-refractivity contribution in [1.29, 1.82) is 0 Å². The fraction of sp³-hybridized carbons (Fsp3) is 0.217. The van der Waals surface area contributed by atoms with Crippen molar-refractivity contribution in [2.75, 3.05) is 19.6 Å². The van der Waals surface area contributed by atoms with Gasteiger partial charge >= 0.3 is 0 Å². The van der Waals surface area contributed by atoms with E-state index in [0.717, 1.165) is 60.0 Å². The van der Waals surface area contributed by atoms with Gasteiger partial charge < -0.3 is 8.83 Å². The van der Waals surface area contributed by atoms with Crippen molar-refractivity contribution in [1.82, 2.24) is 4.90 Å². The zero-order valence-electron chi connectivity index (χ0n) is 15.0. The molecule has 2 aromatic carbocycles. The first kappa shape index (κ1) is 16.3. The van der Waals surface area contributed by atoms with Gasteiger partial charge in [0.25, 0.3) is 0 Å². The molecule has 4 aromatic rings. The van der Waals surface area contributed by atoms with Gasteiger partial charge in [0.2, 0.25) is 0 Å². The number of hydrogen-bond acceptors (Lipinski definition) is 3. The van der Waals surface area contributed by atoms with Crippen LogP contribution in [0, 0.1) is 5.82 Å². The Hall–Kier alpha value is -2.85. The Kier molecular flexibility index (Phi) is 4.06. The van der Waals surface area contributed by atoms with Gasteiger partial charge in [-0.1, -0.05) is 24.3 Å². The van der Waals surface area contributed by atoms with Crippen molar-refractivity contribution < 1.29 is 13.2 Å². The molecular formula is C23H20FNO2. The van der Waals surface area contributed by atoms with Crippen LogP contribution < -0.4 is 0 Å². The minimum Gasteiger partial charge on any atom is -0.464 e. The highest BCUT2D eigenvalue weighted by Gasteiger charge is 2.16. The molecule has 0 radical (unpaired) electrons. The molecule has 2 aromatic heterocycles. The number of nitrogens with zero attached hydrogens (tertiary/aromatic N) is 1. The molecule has 0 atom stereocenters. The molecule has 5 rings (SSSR count). The van der Waals surface area contributed by atoms with Gasteiger partial charge in [-0.25, -0.2) is 4.39 Å². The smallest absolute Gasteiger partial charge is 0.141 e. The summed E-state index contributed by atoms with van der Waals surface area (Å²) in [5, 5.41) is 2.03. The topological polar surface area (TPSA) is 29.5 Å². The molecule has 1 aliphatic rings. The van der Waals surface area contributed by atoms with Gasteiger partial charge in [0.1, 0.15) is 17.0 Å². The molecule has 0 N–H and O–H groups in total. The van der Waals surface area contributed by atoms with Gasteiger partial charge in [-0.3, -0.25) is 4.90 Å². The second kappa shape index (κ2) is 6.71. The summed E-state index contributed by atoms with van der Waals surface area (Å²) in [4.78, 5) is 2.42. The molecule has 0 amide bonds. The van der Waals surface area contributed by atoms with Crippen LogP contribution in [-0.2, 0) is 6.42 Å². The van der Waals surface area contributed by atoms with Gasteiger partial charge in [-0.15, -0.1) is 0 Å². The first-order valence-electron chi connectivity index (χ1n) is 9.31. The normalized spacial score (nSPS) is 15.5. The van der Waals surface area contributed by atoms with Gasteiger partial charge in [-0.2, -0.15) is 0 Å². The van der Waals surface area contributed by atoms with Crippen molar-refractivity contribution in [3.63, 3.8) is 0 Å². The largest absolute Gasteiger partial charge is 0.464 e. The molecular weight excluding hydrogens is 341 g/mol. The number of rotatable bonds is 4. The van der Waals surface area contributed by atoms with E-state index in [9.17, 15) is 4.39 Å². The number of benzene rings is 2. The third kappa shape index (κ3) is 3.06. The molecule has 0 unspecified atom stereocenters. The highest BCUT2D eigenvalue weighted by Crippen LogP contribution is 2.30. The van der Waals surface area contributed by atoms with Crippen molar-refractivity contribution in [2.24, 2.45) is 0 Å². The van der Waals surface area contributed by atoms with Gasteiger partial charge in [0.05, 0.1) is 12.5 Å². The maximum absolute atomic E-state index is 13.5. The van der Waals surface area contributed by atoms with E-state index in [1.165, 1.54) is 17.2 Å². The molecule has 136 valence electrons. The minimum atomic E-state index is -0.220. The molecule has 0 saturated heterocycles. The van der Waals surface area contributed by atoms with Crippen LogP contribution in [-0.4, -0.2) is 24.5 Å². The number of fused-ring (bicyclic) bond motifs is 2. The molecule has 3 nitrogen and oxygen atoms in total. The number of furan rings is 2. The van der Waals surface area contributed by atoms with E-state index < -0.39 is 0 Å². The van der Waals surface area contributed by atoms with E-state index in [4.69, 9.17) is 8.83 Å². The Labute approximate surface area is 156 Å². The van der Waals surface area contributed by atoms with Gasteiger partial charge in [0.15, 0.2) is 0 Å². The third-order valence-electron chi connectivity index (χ3n) is 5.43. The van der Waals surface area contributed by atoms with Crippen LogP contribution in [0.5, 0.6) is 0 Å². The fourth-order valence-corrected chi connectivity index (χ4v) is 3.93. The molecule has 3 heterocycles. The molecule has 4 heteroatoms. The lowest BCUT2D eigenvalue weighted by Gasteiger charge is -2.26. The van der Waals surface area contributed by atoms with Gasteiger partial charge in [-0.05, 0) is 48.2 Å². The average Bonchev–Trinajstić information content (AvgIpc) is 3.33. The zero-order valence-corrected chi connectivity index (χ0v) is 15.0. The van der Waals surface area contributed by atoms with E-state index in [2.05, 4.69) is 29.2 Å². The lowest BCUT2D eigenvalue weighted by atomic mass is 9.97. The summed E-state index contributed by atoms with van der Waals surface area (Å²) in [7, 11) is 0. The lowest BCUT2D eigenvalue weighted by molar-refractivity contribution is 0.306. The van der Waals surface area contributed by atoms with Crippen molar-refractivity contribution in [3.8, 4) is 0 Å². The summed E-state index contributed by atoms with van der Waals surface area (Å²) < 4.78 is 24.7. The van der Waals surface area contributed by atoms with E-state index in [-0.39, 0.29) is 5.82 Å². The van der Waals surface area contributed by atoms with Crippen LogP contribution in [0.25, 0.3) is 27.5 Å². The summed E-state index contributed by atoms with van der Waals surface area (Å²) in [6.07, 6.45) is 7.66. The Balaban J connectivity index is 1.29. The summed E-state index contributed by atoms with van der Waals surface area (Å²) >= 11 is 0.